The minimum Gasteiger partial charge on any atom is -0.377 e. The average molecular weight is 393 g/mol. The van der Waals surface area contributed by atoms with E-state index >= 15 is 0 Å². The molecule has 4 nitrogen and oxygen atoms in total. The molecule has 0 atom stereocenters. The Kier molecular flexibility index (Phi) is 5.74. The molecule has 3 aromatic carbocycles. The molecular weight excluding hydrogens is 370 g/mol. The number of ether oxygens (including phenoxy) is 1. The third-order valence-electron chi connectivity index (χ3n) is 5.20. The highest BCUT2D eigenvalue weighted by atomic mass is 16.5. The molecule has 0 aliphatic carbocycles. The summed E-state index contributed by atoms with van der Waals surface area (Å²) in [5.41, 5.74) is 7.00. The average Bonchev–Trinajstić information content (AvgIpc) is 3.13. The molecule has 4 rings (SSSR count). The molecule has 148 valence electrons. The van der Waals surface area contributed by atoms with Crippen molar-refractivity contribution in [1.82, 2.24) is 9.55 Å². The Morgan fingerprint density at radius 2 is 1.60 bits per heavy atom. The fraction of sp³-hybridized carbons (Fsp3) is 0.154. The minimum atomic E-state index is 0.467. The van der Waals surface area contributed by atoms with Gasteiger partial charge < -0.3 is 9.30 Å². The van der Waals surface area contributed by atoms with Crippen LogP contribution < -0.4 is 0 Å². The van der Waals surface area contributed by atoms with E-state index in [0.29, 0.717) is 18.7 Å². The first-order valence-corrected chi connectivity index (χ1v) is 9.90. The summed E-state index contributed by atoms with van der Waals surface area (Å²) >= 11 is 0. The van der Waals surface area contributed by atoms with Crippen LogP contribution in [-0.2, 0) is 17.9 Å². The van der Waals surface area contributed by atoms with Crippen LogP contribution >= 0.6 is 0 Å². The van der Waals surface area contributed by atoms with E-state index in [-0.39, 0.29) is 0 Å². The van der Waals surface area contributed by atoms with Crippen molar-refractivity contribution in [3.05, 3.63) is 107 Å². The number of imidazole rings is 1. The van der Waals surface area contributed by atoms with E-state index in [9.17, 15) is 5.26 Å². The Hall–Kier alpha value is -3.68. The van der Waals surface area contributed by atoms with Crippen molar-refractivity contribution >= 4 is 16.6 Å². The Morgan fingerprint density at radius 1 is 0.933 bits per heavy atom. The lowest BCUT2D eigenvalue weighted by molar-refractivity contribution is 0.175. The molecule has 0 fully saturated rings. The van der Waals surface area contributed by atoms with Crippen LogP contribution in [-0.4, -0.2) is 16.7 Å². The third-order valence-corrected chi connectivity index (χ3v) is 5.20. The van der Waals surface area contributed by atoms with E-state index in [2.05, 4.69) is 41.0 Å². The highest BCUT2D eigenvalue weighted by Crippen LogP contribution is 2.27. The molecule has 0 amide bonds. The van der Waals surface area contributed by atoms with Gasteiger partial charge in [-0.05, 0) is 35.7 Å². The highest BCUT2D eigenvalue weighted by Gasteiger charge is 2.12. The normalized spacial score (nSPS) is 11.9. The van der Waals surface area contributed by atoms with E-state index in [1.807, 2.05) is 55.5 Å². The van der Waals surface area contributed by atoms with Gasteiger partial charge in [-0.25, -0.2) is 4.98 Å². The van der Waals surface area contributed by atoms with Crippen LogP contribution in [0, 0.1) is 11.3 Å². The molecule has 0 aliphatic heterocycles. The molecule has 0 saturated carbocycles. The molecule has 0 spiro atoms. The maximum Gasteiger partial charge on any atom is 0.136 e. The van der Waals surface area contributed by atoms with E-state index in [4.69, 9.17) is 9.72 Å². The molecule has 4 aromatic rings. The first-order chi connectivity index (χ1) is 14.7. The smallest absolute Gasteiger partial charge is 0.136 e. The summed E-state index contributed by atoms with van der Waals surface area (Å²) in [6.07, 6.45) is 0. The molecule has 0 radical (unpaired) electrons. The topological polar surface area (TPSA) is 50.8 Å². The van der Waals surface area contributed by atoms with Crippen molar-refractivity contribution in [1.29, 1.82) is 5.26 Å². The number of hydrogen-bond acceptors (Lipinski definition) is 3. The summed E-state index contributed by atoms with van der Waals surface area (Å²) < 4.78 is 7.55. The predicted molar refractivity (Wildman–Crippen MR) is 120 cm³/mol. The molecule has 30 heavy (non-hydrogen) atoms. The number of hydrogen-bond donors (Lipinski definition) is 0. The van der Waals surface area contributed by atoms with Crippen molar-refractivity contribution in [2.75, 3.05) is 7.11 Å². The maximum atomic E-state index is 9.51. The van der Waals surface area contributed by atoms with E-state index in [1.54, 1.807) is 7.11 Å². The predicted octanol–water partition coefficient (Wildman–Crippen LogP) is 5.58. The Bertz CT molecular complexity index is 1230. The van der Waals surface area contributed by atoms with Gasteiger partial charge in [0.1, 0.15) is 12.4 Å². The molecule has 0 aliphatic rings. The number of nitrogens with zero attached hydrogens (tertiary/aromatic N) is 3. The van der Waals surface area contributed by atoms with Crippen molar-refractivity contribution in [2.45, 2.75) is 20.1 Å². The van der Waals surface area contributed by atoms with E-state index in [1.165, 1.54) is 5.56 Å². The lowest BCUT2D eigenvalue weighted by Gasteiger charge is -2.12. The monoisotopic (exact) mass is 393 g/mol. The SMILES string of the molecule is COCc1nc2ccccc2n1Cc1ccc(/C(=C(\C)C#N)c2ccccc2)cc1. The Balaban J connectivity index is 1.69. The number of nitriles is 1. The van der Waals surface area contributed by atoms with Gasteiger partial charge in [-0.1, -0.05) is 66.7 Å². The first kappa shape index (κ1) is 19.6. The zero-order valence-corrected chi connectivity index (χ0v) is 17.2. The quantitative estimate of drug-likeness (QED) is 0.402. The zero-order chi connectivity index (χ0) is 20.9. The lowest BCUT2D eigenvalue weighted by atomic mass is 9.93. The number of aromatic nitrogens is 2. The van der Waals surface area contributed by atoms with Gasteiger partial charge in [0, 0.05) is 24.8 Å². The number of allylic oxidation sites excluding steroid dienone is 1. The second kappa shape index (κ2) is 8.77. The molecule has 0 unspecified atom stereocenters. The van der Waals surface area contributed by atoms with Gasteiger partial charge in [-0.3, -0.25) is 0 Å². The van der Waals surface area contributed by atoms with Gasteiger partial charge in [0.2, 0.25) is 0 Å². The van der Waals surface area contributed by atoms with Crippen molar-refractivity contribution in [3.8, 4) is 6.07 Å². The van der Waals surface area contributed by atoms with Crippen molar-refractivity contribution in [2.24, 2.45) is 0 Å². The number of methoxy groups -OCH3 is 1. The minimum absolute atomic E-state index is 0.467. The largest absolute Gasteiger partial charge is 0.377 e. The van der Waals surface area contributed by atoms with Crippen LogP contribution in [0.15, 0.2) is 84.4 Å². The van der Waals surface area contributed by atoms with Crippen LogP contribution in [0.2, 0.25) is 0 Å². The van der Waals surface area contributed by atoms with Crippen LogP contribution in [0.3, 0.4) is 0 Å². The summed E-state index contributed by atoms with van der Waals surface area (Å²) in [5.74, 6) is 0.910. The fourth-order valence-corrected chi connectivity index (χ4v) is 3.76. The number of benzene rings is 3. The molecule has 4 heteroatoms. The van der Waals surface area contributed by atoms with Crippen molar-refractivity contribution in [3.63, 3.8) is 0 Å². The second-order valence-electron chi connectivity index (χ2n) is 7.21. The molecule has 0 saturated heterocycles. The van der Waals surface area contributed by atoms with E-state index in [0.717, 1.165) is 33.6 Å². The van der Waals surface area contributed by atoms with Crippen LogP contribution in [0.25, 0.3) is 16.6 Å². The standard InChI is InChI=1S/C26H23N3O/c1-19(16-27)26(21-8-4-3-5-9-21)22-14-12-20(13-15-22)17-29-24-11-7-6-10-23(24)28-25(29)18-30-2/h3-15H,17-18H2,1-2H3/b26-19+. The van der Waals surface area contributed by atoms with Gasteiger partial charge >= 0.3 is 0 Å². The highest BCUT2D eigenvalue weighted by molar-refractivity contribution is 5.84. The van der Waals surface area contributed by atoms with Crippen molar-refractivity contribution < 1.29 is 4.74 Å². The number of fused-ring (bicyclic) bond motifs is 1. The summed E-state index contributed by atoms with van der Waals surface area (Å²) in [4.78, 5) is 4.71. The number of para-hydroxylation sites is 2. The molecule has 1 aromatic heterocycles. The van der Waals surface area contributed by atoms with Crippen LogP contribution in [0.1, 0.15) is 29.4 Å². The Labute approximate surface area is 176 Å². The van der Waals surface area contributed by atoms with Crippen LogP contribution in [0.4, 0.5) is 0 Å². The second-order valence-corrected chi connectivity index (χ2v) is 7.21. The van der Waals surface area contributed by atoms with E-state index < -0.39 is 0 Å². The summed E-state index contributed by atoms with van der Waals surface area (Å²) in [6, 6.07) is 28.9. The molecule has 0 bridgehead atoms. The molecule has 0 N–H and O–H groups in total. The maximum absolute atomic E-state index is 9.51. The summed E-state index contributed by atoms with van der Waals surface area (Å²) in [7, 11) is 1.69. The number of rotatable bonds is 6. The van der Waals surface area contributed by atoms with Gasteiger partial charge in [-0.2, -0.15) is 5.26 Å². The molecule has 1 heterocycles. The van der Waals surface area contributed by atoms with Gasteiger partial charge in [0.25, 0.3) is 0 Å². The van der Waals surface area contributed by atoms with Gasteiger partial charge in [-0.15, -0.1) is 0 Å². The van der Waals surface area contributed by atoms with Crippen LogP contribution in [0.5, 0.6) is 0 Å². The van der Waals surface area contributed by atoms with Gasteiger partial charge in [0.15, 0.2) is 0 Å². The fourth-order valence-electron chi connectivity index (χ4n) is 3.76. The summed E-state index contributed by atoms with van der Waals surface area (Å²) in [5, 5.41) is 9.51. The molecular formula is C26H23N3O. The third kappa shape index (κ3) is 3.89. The lowest BCUT2D eigenvalue weighted by Crippen LogP contribution is -2.06. The Morgan fingerprint density at radius 3 is 2.30 bits per heavy atom. The summed E-state index contributed by atoms with van der Waals surface area (Å²) in [6.45, 7) is 3.04. The first-order valence-electron chi connectivity index (χ1n) is 9.90. The van der Waals surface area contributed by atoms with Gasteiger partial charge in [0.05, 0.1) is 17.1 Å². The zero-order valence-electron chi connectivity index (χ0n) is 17.2.